The average Bonchev–Trinajstić information content (AvgIpc) is 2.58. The first-order valence-corrected chi connectivity index (χ1v) is 11.2. The van der Waals surface area contributed by atoms with E-state index in [1.165, 1.54) is 44.9 Å². The van der Waals surface area contributed by atoms with E-state index in [0.29, 0.717) is 6.42 Å². The van der Waals surface area contributed by atoms with Crippen LogP contribution in [0.1, 0.15) is 83.5 Å². The molecule has 0 heterocycles. The number of carbonyl (C=O) groups excluding carboxylic acids is 2. The Hall–Kier alpha value is -0.410. The number of hydrogen-bond donors (Lipinski definition) is 1. The summed E-state index contributed by atoms with van der Waals surface area (Å²) in [5.41, 5.74) is 0. The van der Waals surface area contributed by atoms with Crippen LogP contribution in [0.3, 0.4) is 0 Å². The van der Waals surface area contributed by atoms with Gasteiger partial charge in [-0.05, 0) is 19.3 Å². The molecule has 0 radical (unpaired) electrons. The third-order valence-electron chi connectivity index (χ3n) is 4.27. The summed E-state index contributed by atoms with van der Waals surface area (Å²) in [5, 5.41) is 8.34. The molecule has 0 aromatic carbocycles. The monoisotopic (exact) mass is 428 g/mol. The second kappa shape index (κ2) is 18.6. The zero-order valence-corrected chi connectivity index (χ0v) is 19.9. The van der Waals surface area contributed by atoms with Crippen LogP contribution in [-0.4, -0.2) is 36.8 Å². The van der Waals surface area contributed by atoms with Crippen molar-refractivity contribution in [1.82, 2.24) is 0 Å². The summed E-state index contributed by atoms with van der Waals surface area (Å²) in [6.07, 6.45) is 14.1. The summed E-state index contributed by atoms with van der Waals surface area (Å²) in [6, 6.07) is 0. The van der Waals surface area contributed by atoms with Crippen LogP contribution in [0.4, 0.5) is 0 Å². The number of ether oxygens (including phenoxy) is 1. The molecule has 9 heteroatoms. The molecule has 0 fully saturated rings. The van der Waals surface area contributed by atoms with Crippen molar-refractivity contribution in [3.8, 4) is 0 Å². The maximum atomic E-state index is 11.6. The van der Waals surface area contributed by atoms with Crippen molar-refractivity contribution in [3.05, 3.63) is 12.7 Å². The van der Waals surface area contributed by atoms with E-state index in [2.05, 4.69) is 6.58 Å². The van der Waals surface area contributed by atoms with Crippen LogP contribution in [0.15, 0.2) is 12.7 Å². The van der Waals surface area contributed by atoms with Crippen LogP contribution >= 0.6 is 0 Å². The van der Waals surface area contributed by atoms with Crippen molar-refractivity contribution in [1.29, 1.82) is 0 Å². The largest absolute Gasteiger partial charge is 1.00 e. The summed E-state index contributed by atoms with van der Waals surface area (Å²) in [4.78, 5) is 22.1. The molecule has 1 atom stereocenters. The Morgan fingerprint density at radius 3 is 1.75 bits per heavy atom. The number of aliphatic carboxylic acids is 1. The van der Waals surface area contributed by atoms with Crippen LogP contribution in [0.5, 0.6) is 0 Å². The molecule has 0 bridgehead atoms. The van der Waals surface area contributed by atoms with Crippen molar-refractivity contribution in [3.63, 3.8) is 0 Å². The molecule has 7 nitrogen and oxygen atoms in total. The van der Waals surface area contributed by atoms with Crippen LogP contribution in [0.25, 0.3) is 0 Å². The molecule has 0 aliphatic rings. The molecule has 0 saturated carbocycles. The number of unbranched alkanes of at least 4 members (excludes halogenated alkanes) is 11. The van der Waals surface area contributed by atoms with Gasteiger partial charge in [-0.1, -0.05) is 63.9 Å². The Morgan fingerprint density at radius 1 is 0.929 bits per heavy atom. The van der Waals surface area contributed by atoms with E-state index in [4.69, 9.17) is 9.29 Å². The number of carboxylic acids is 1. The summed E-state index contributed by atoms with van der Waals surface area (Å²) >= 11 is 0. The predicted molar refractivity (Wildman–Crippen MR) is 102 cm³/mol. The van der Waals surface area contributed by atoms with Crippen molar-refractivity contribution in [2.24, 2.45) is 0 Å². The van der Waals surface area contributed by atoms with Gasteiger partial charge in [-0.3, -0.25) is 9.35 Å². The van der Waals surface area contributed by atoms with E-state index in [9.17, 15) is 23.1 Å². The SMILES string of the molecule is C=CCCCCCCCCCCCCCOC(=O)C(CC(=O)[O-])S(=O)(=O)O.[Na+]. The zero-order chi connectivity index (χ0) is 20.5. The zero-order valence-electron chi connectivity index (χ0n) is 17.1. The second-order valence-electron chi connectivity index (χ2n) is 6.71. The van der Waals surface area contributed by atoms with Gasteiger partial charge in [0, 0.05) is 12.4 Å². The second-order valence-corrected chi connectivity index (χ2v) is 8.31. The van der Waals surface area contributed by atoms with Crippen molar-refractivity contribution in [2.45, 2.75) is 88.7 Å². The molecule has 0 rings (SSSR count). The molecule has 1 N–H and O–H groups in total. The Kier molecular flexibility index (Phi) is 19.8. The fraction of sp³-hybridized carbons (Fsp3) is 0.789. The maximum Gasteiger partial charge on any atom is 1.00 e. The normalized spacial score (nSPS) is 12.0. The third kappa shape index (κ3) is 17.7. The van der Waals surface area contributed by atoms with E-state index in [0.717, 1.165) is 25.7 Å². The average molecular weight is 429 g/mol. The molecule has 0 aromatic heterocycles. The molecular weight excluding hydrogens is 395 g/mol. The number of hydrogen-bond acceptors (Lipinski definition) is 6. The molecule has 0 aromatic rings. The standard InChI is InChI=1S/C19H34O7S.Na/c1-2-3-4-5-6-7-8-9-10-11-12-13-14-15-26-19(22)17(16-18(20)21)27(23,24)25;/h2,17H,1,3-16H2,(H,20,21)(H,23,24,25);/q;+1/p-1. The topological polar surface area (TPSA) is 121 Å². The van der Waals surface area contributed by atoms with Gasteiger partial charge in [0.15, 0.2) is 5.25 Å². The van der Waals surface area contributed by atoms with Crippen molar-refractivity contribution < 1.29 is 62.0 Å². The molecule has 0 saturated heterocycles. The summed E-state index contributed by atoms with van der Waals surface area (Å²) in [5.74, 6) is -3.00. The Morgan fingerprint density at radius 2 is 1.36 bits per heavy atom. The van der Waals surface area contributed by atoms with E-state index in [1.807, 2.05) is 6.08 Å². The van der Waals surface area contributed by atoms with Gasteiger partial charge in [0.25, 0.3) is 10.1 Å². The minimum absolute atomic E-state index is 0. The number of carbonyl (C=O) groups is 2. The Bertz CT molecular complexity index is 534. The van der Waals surface area contributed by atoms with Gasteiger partial charge in [-0.15, -0.1) is 6.58 Å². The smallest absolute Gasteiger partial charge is 0.550 e. The molecule has 158 valence electrons. The van der Waals surface area contributed by atoms with Gasteiger partial charge in [-0.2, -0.15) is 8.42 Å². The Labute approximate surface area is 191 Å². The van der Waals surface area contributed by atoms with Crippen molar-refractivity contribution >= 4 is 22.1 Å². The first-order chi connectivity index (χ1) is 12.8. The molecule has 0 amide bonds. The number of carboxylic acid groups (broad SMARTS) is 1. The van der Waals surface area contributed by atoms with Gasteiger partial charge in [-0.25, -0.2) is 0 Å². The molecule has 0 aliphatic heterocycles. The minimum atomic E-state index is -4.83. The fourth-order valence-electron chi connectivity index (χ4n) is 2.71. The first-order valence-electron chi connectivity index (χ1n) is 9.72. The van der Waals surface area contributed by atoms with E-state index >= 15 is 0 Å². The van der Waals surface area contributed by atoms with Gasteiger partial charge < -0.3 is 14.6 Å². The van der Waals surface area contributed by atoms with E-state index < -0.39 is 33.7 Å². The molecule has 28 heavy (non-hydrogen) atoms. The number of allylic oxidation sites excluding steroid dienone is 1. The summed E-state index contributed by atoms with van der Waals surface area (Å²) < 4.78 is 35.7. The molecule has 1 unspecified atom stereocenters. The van der Waals surface area contributed by atoms with Gasteiger partial charge >= 0.3 is 35.5 Å². The molecular formula is C19H33NaO7S. The van der Waals surface area contributed by atoms with Gasteiger partial charge in [0.1, 0.15) is 0 Å². The van der Waals surface area contributed by atoms with Gasteiger partial charge in [0.2, 0.25) is 0 Å². The summed E-state index contributed by atoms with van der Waals surface area (Å²) in [6.45, 7) is 3.71. The fourth-order valence-corrected chi connectivity index (χ4v) is 3.37. The quantitative estimate of drug-likeness (QED) is 0.105. The Balaban J connectivity index is 0. The third-order valence-corrected chi connectivity index (χ3v) is 5.35. The minimum Gasteiger partial charge on any atom is -0.550 e. The van der Waals surface area contributed by atoms with Crippen LogP contribution < -0.4 is 34.7 Å². The van der Waals surface area contributed by atoms with Crippen LogP contribution in [0, 0.1) is 0 Å². The number of esters is 1. The first kappa shape index (κ1) is 29.8. The number of rotatable bonds is 18. The van der Waals surface area contributed by atoms with E-state index in [-0.39, 0.29) is 36.2 Å². The van der Waals surface area contributed by atoms with Gasteiger partial charge in [0.05, 0.1) is 6.61 Å². The maximum absolute atomic E-state index is 11.6. The van der Waals surface area contributed by atoms with Crippen LogP contribution in [0.2, 0.25) is 0 Å². The van der Waals surface area contributed by atoms with E-state index in [1.54, 1.807) is 0 Å². The summed E-state index contributed by atoms with van der Waals surface area (Å²) in [7, 11) is -4.83. The van der Waals surface area contributed by atoms with Crippen LogP contribution in [-0.2, 0) is 24.4 Å². The molecule has 0 aliphatic carbocycles. The molecule has 0 spiro atoms. The predicted octanol–water partition coefficient (Wildman–Crippen LogP) is -0.203. The van der Waals surface area contributed by atoms with Crippen molar-refractivity contribution in [2.75, 3.05) is 6.61 Å².